The Morgan fingerprint density at radius 2 is 2.28 bits per heavy atom. The fourth-order valence-corrected chi connectivity index (χ4v) is 5.02. The summed E-state index contributed by atoms with van der Waals surface area (Å²) in [6.45, 7) is 5.78. The first-order chi connectivity index (χ1) is 8.76. The summed E-state index contributed by atoms with van der Waals surface area (Å²) in [4.78, 5) is 6.58. The highest BCUT2D eigenvalue weighted by atomic mass is 32.1. The van der Waals surface area contributed by atoms with E-state index in [4.69, 9.17) is 4.98 Å². The molecule has 0 aliphatic heterocycles. The molecule has 1 aromatic heterocycles. The van der Waals surface area contributed by atoms with Crippen LogP contribution in [0, 0.1) is 5.92 Å². The van der Waals surface area contributed by atoms with Gasteiger partial charge in [0.25, 0.3) is 0 Å². The summed E-state index contributed by atoms with van der Waals surface area (Å²) >= 11 is 2.00. The van der Waals surface area contributed by atoms with Crippen molar-refractivity contribution in [3.05, 3.63) is 15.6 Å². The van der Waals surface area contributed by atoms with Crippen LogP contribution in [0.15, 0.2) is 0 Å². The molecular weight excluding hydrogens is 240 g/mol. The van der Waals surface area contributed by atoms with Crippen LogP contribution in [0.3, 0.4) is 0 Å². The quantitative estimate of drug-likeness (QED) is 0.898. The van der Waals surface area contributed by atoms with Gasteiger partial charge in [-0.1, -0.05) is 20.3 Å². The van der Waals surface area contributed by atoms with Gasteiger partial charge in [0.05, 0.1) is 11.2 Å². The van der Waals surface area contributed by atoms with Crippen molar-refractivity contribution >= 4 is 11.3 Å². The Balaban J connectivity index is 1.92. The smallest absolute Gasteiger partial charge is 0.114 e. The first kappa shape index (κ1) is 12.6. The van der Waals surface area contributed by atoms with E-state index in [-0.39, 0.29) is 5.54 Å². The molecule has 2 aliphatic carbocycles. The molecule has 1 heterocycles. The highest BCUT2D eigenvalue weighted by Gasteiger charge is 2.44. The monoisotopic (exact) mass is 264 g/mol. The van der Waals surface area contributed by atoms with E-state index in [0.717, 1.165) is 12.5 Å². The van der Waals surface area contributed by atoms with E-state index in [2.05, 4.69) is 19.2 Å². The molecule has 0 bridgehead atoms. The molecule has 2 unspecified atom stereocenters. The average molecular weight is 264 g/mol. The zero-order valence-electron chi connectivity index (χ0n) is 11.6. The van der Waals surface area contributed by atoms with Crippen molar-refractivity contribution in [1.29, 1.82) is 0 Å². The first-order valence-corrected chi connectivity index (χ1v) is 8.32. The van der Waals surface area contributed by atoms with Crippen LogP contribution in [0.25, 0.3) is 0 Å². The third-order valence-corrected chi connectivity index (χ3v) is 6.05. The SMILES string of the molecule is CCCNC1(c2nc3c(s2)CCC3)CCCC1C. The second-order valence-corrected chi connectivity index (χ2v) is 7.02. The number of hydrogen-bond donors (Lipinski definition) is 1. The predicted molar refractivity (Wildman–Crippen MR) is 77.1 cm³/mol. The molecule has 3 heteroatoms. The van der Waals surface area contributed by atoms with Crippen LogP contribution in [0.2, 0.25) is 0 Å². The number of nitrogens with one attached hydrogen (secondary N) is 1. The number of nitrogens with zero attached hydrogens (tertiary/aromatic N) is 1. The van der Waals surface area contributed by atoms with Crippen LogP contribution in [-0.4, -0.2) is 11.5 Å². The molecule has 100 valence electrons. The molecule has 1 N–H and O–H groups in total. The van der Waals surface area contributed by atoms with Crippen molar-refractivity contribution in [2.45, 2.75) is 64.3 Å². The Morgan fingerprint density at radius 3 is 2.94 bits per heavy atom. The molecule has 0 radical (unpaired) electrons. The minimum atomic E-state index is 0.199. The van der Waals surface area contributed by atoms with E-state index >= 15 is 0 Å². The summed E-state index contributed by atoms with van der Waals surface area (Å²) in [5, 5.41) is 5.24. The zero-order valence-corrected chi connectivity index (χ0v) is 12.4. The van der Waals surface area contributed by atoms with Gasteiger partial charge >= 0.3 is 0 Å². The topological polar surface area (TPSA) is 24.9 Å². The number of hydrogen-bond acceptors (Lipinski definition) is 3. The molecule has 1 fully saturated rings. The van der Waals surface area contributed by atoms with E-state index in [0.29, 0.717) is 0 Å². The van der Waals surface area contributed by atoms with E-state index in [1.807, 2.05) is 11.3 Å². The van der Waals surface area contributed by atoms with Gasteiger partial charge in [-0.15, -0.1) is 11.3 Å². The average Bonchev–Trinajstić information content (AvgIpc) is 3.00. The first-order valence-electron chi connectivity index (χ1n) is 7.50. The van der Waals surface area contributed by atoms with Gasteiger partial charge in [0.1, 0.15) is 5.01 Å². The van der Waals surface area contributed by atoms with Gasteiger partial charge in [-0.25, -0.2) is 4.98 Å². The molecule has 18 heavy (non-hydrogen) atoms. The van der Waals surface area contributed by atoms with Crippen molar-refractivity contribution in [3.8, 4) is 0 Å². The standard InChI is InChI=1S/C15H24N2S/c1-3-10-16-15(9-5-6-11(15)2)14-17-12-7-4-8-13(12)18-14/h11,16H,3-10H2,1-2H3. The fraction of sp³-hybridized carbons (Fsp3) is 0.800. The van der Waals surface area contributed by atoms with Gasteiger partial charge in [0.15, 0.2) is 0 Å². The van der Waals surface area contributed by atoms with Crippen molar-refractivity contribution in [2.24, 2.45) is 5.92 Å². The maximum absolute atomic E-state index is 5.00. The predicted octanol–water partition coefficient (Wildman–Crippen LogP) is 3.65. The maximum Gasteiger partial charge on any atom is 0.114 e. The summed E-state index contributed by atoms with van der Waals surface area (Å²) in [6, 6.07) is 0. The second-order valence-electron chi connectivity index (χ2n) is 5.93. The number of fused-ring (bicyclic) bond motifs is 1. The highest BCUT2D eigenvalue weighted by Crippen LogP contribution is 2.46. The van der Waals surface area contributed by atoms with Crippen LogP contribution in [0.1, 0.15) is 61.5 Å². The van der Waals surface area contributed by atoms with Crippen molar-refractivity contribution < 1.29 is 0 Å². The Hall–Kier alpha value is -0.410. The van der Waals surface area contributed by atoms with Crippen LogP contribution in [-0.2, 0) is 18.4 Å². The lowest BCUT2D eigenvalue weighted by Crippen LogP contribution is -2.44. The highest BCUT2D eigenvalue weighted by molar-refractivity contribution is 7.12. The van der Waals surface area contributed by atoms with Crippen LogP contribution >= 0.6 is 11.3 Å². The molecule has 1 saturated carbocycles. The number of aromatic nitrogens is 1. The Kier molecular flexibility index (Phi) is 3.46. The largest absolute Gasteiger partial charge is 0.305 e. The third-order valence-electron chi connectivity index (χ3n) is 4.72. The fourth-order valence-electron chi connectivity index (χ4n) is 3.57. The van der Waals surface area contributed by atoms with Gasteiger partial charge < -0.3 is 5.32 Å². The van der Waals surface area contributed by atoms with Gasteiger partial charge in [-0.05, 0) is 51.0 Å². The van der Waals surface area contributed by atoms with E-state index in [1.165, 1.54) is 55.6 Å². The lowest BCUT2D eigenvalue weighted by molar-refractivity contribution is 0.262. The Morgan fingerprint density at radius 1 is 1.39 bits per heavy atom. The Labute approximate surface area is 114 Å². The lowest BCUT2D eigenvalue weighted by Gasteiger charge is -2.33. The third kappa shape index (κ3) is 1.92. The number of aryl methyl sites for hydroxylation is 2. The van der Waals surface area contributed by atoms with Crippen molar-refractivity contribution in [2.75, 3.05) is 6.54 Å². The summed E-state index contributed by atoms with van der Waals surface area (Å²) in [5.74, 6) is 0.732. The second kappa shape index (κ2) is 4.93. The van der Waals surface area contributed by atoms with Crippen LogP contribution < -0.4 is 5.32 Å². The molecule has 3 rings (SSSR count). The number of thiazole rings is 1. The Bertz CT molecular complexity index is 405. The molecule has 2 atom stereocenters. The molecule has 0 saturated heterocycles. The van der Waals surface area contributed by atoms with E-state index in [1.54, 1.807) is 4.88 Å². The molecule has 2 nitrogen and oxygen atoms in total. The molecular formula is C15H24N2S. The maximum atomic E-state index is 5.00. The summed E-state index contributed by atoms with van der Waals surface area (Å²) in [5.41, 5.74) is 1.61. The van der Waals surface area contributed by atoms with Gasteiger partial charge in [-0.2, -0.15) is 0 Å². The zero-order chi connectivity index (χ0) is 12.6. The van der Waals surface area contributed by atoms with Crippen molar-refractivity contribution in [1.82, 2.24) is 10.3 Å². The molecule has 1 aromatic rings. The lowest BCUT2D eigenvalue weighted by atomic mass is 9.88. The van der Waals surface area contributed by atoms with Gasteiger partial charge in [-0.3, -0.25) is 0 Å². The molecule has 0 aromatic carbocycles. The van der Waals surface area contributed by atoms with Gasteiger partial charge in [0.2, 0.25) is 0 Å². The number of rotatable bonds is 4. The normalized spacial score (nSPS) is 30.9. The van der Waals surface area contributed by atoms with Crippen LogP contribution in [0.5, 0.6) is 0 Å². The van der Waals surface area contributed by atoms with Crippen molar-refractivity contribution in [3.63, 3.8) is 0 Å². The van der Waals surface area contributed by atoms with E-state index < -0.39 is 0 Å². The summed E-state index contributed by atoms with van der Waals surface area (Å²) in [6.07, 6.45) is 8.98. The molecule has 0 spiro atoms. The minimum absolute atomic E-state index is 0.199. The van der Waals surface area contributed by atoms with Crippen LogP contribution in [0.4, 0.5) is 0 Å². The minimum Gasteiger partial charge on any atom is -0.305 e. The molecule has 2 aliphatic rings. The molecule has 0 amide bonds. The van der Waals surface area contributed by atoms with Gasteiger partial charge in [0, 0.05) is 4.88 Å². The van der Waals surface area contributed by atoms with E-state index in [9.17, 15) is 0 Å². The summed E-state index contributed by atoms with van der Waals surface area (Å²) < 4.78 is 0. The summed E-state index contributed by atoms with van der Waals surface area (Å²) in [7, 11) is 0.